The van der Waals surface area contributed by atoms with E-state index in [4.69, 9.17) is 0 Å². The Labute approximate surface area is 176 Å². The third kappa shape index (κ3) is 3.57. The molecule has 1 N–H and O–H groups in total. The van der Waals surface area contributed by atoms with Crippen LogP contribution in [0.5, 0.6) is 0 Å². The number of fused-ring (bicyclic) bond motifs is 1. The quantitative estimate of drug-likeness (QED) is 0.755. The molecule has 2 aromatic rings. The lowest BCUT2D eigenvalue weighted by atomic mass is 9.75. The second-order valence-electron chi connectivity index (χ2n) is 9.20. The number of pyridine rings is 1. The van der Waals surface area contributed by atoms with Crippen molar-refractivity contribution < 1.29 is 23.1 Å². The highest BCUT2D eigenvalue weighted by Gasteiger charge is 2.40. The van der Waals surface area contributed by atoms with Crippen molar-refractivity contribution in [2.24, 2.45) is 5.41 Å². The summed E-state index contributed by atoms with van der Waals surface area (Å²) in [5.41, 5.74) is 3.02. The normalized spacial score (nSPS) is 18.3. The highest BCUT2D eigenvalue weighted by molar-refractivity contribution is 7.92. The molecule has 0 aliphatic heterocycles. The van der Waals surface area contributed by atoms with Crippen LogP contribution in [0.3, 0.4) is 0 Å². The molecule has 1 fully saturated rings. The lowest BCUT2D eigenvalue weighted by Gasteiger charge is -2.30. The summed E-state index contributed by atoms with van der Waals surface area (Å²) < 4.78 is 27.4. The minimum atomic E-state index is -3.49. The molecule has 0 bridgehead atoms. The van der Waals surface area contributed by atoms with Crippen LogP contribution < -0.4 is 0 Å². The van der Waals surface area contributed by atoms with Crippen molar-refractivity contribution in [3.05, 3.63) is 46.4 Å². The molecule has 0 aromatic carbocycles. The molecule has 8 heteroatoms. The van der Waals surface area contributed by atoms with Gasteiger partial charge in [-0.1, -0.05) is 19.9 Å². The number of rotatable bonds is 6. The van der Waals surface area contributed by atoms with Crippen molar-refractivity contribution in [3.63, 3.8) is 0 Å². The average molecular weight is 431 g/mol. The average Bonchev–Trinajstić information content (AvgIpc) is 3.46. The maximum Gasteiger partial charge on any atom is 0.323 e. The molecule has 4 rings (SSSR count). The first-order valence-corrected chi connectivity index (χ1v) is 11.7. The molecule has 0 saturated heterocycles. The van der Waals surface area contributed by atoms with Gasteiger partial charge in [0.25, 0.3) is 0 Å². The van der Waals surface area contributed by atoms with Crippen molar-refractivity contribution in [1.82, 2.24) is 9.55 Å². The fourth-order valence-corrected chi connectivity index (χ4v) is 6.30. The molecule has 0 atom stereocenters. The predicted molar refractivity (Wildman–Crippen MR) is 110 cm³/mol. The molecule has 0 radical (unpaired) electrons. The molecular formula is C22H26N2O5S. The summed E-state index contributed by atoms with van der Waals surface area (Å²) in [5, 5.41) is 9.12. The monoisotopic (exact) mass is 430 g/mol. The van der Waals surface area contributed by atoms with Gasteiger partial charge in [-0.25, -0.2) is 13.4 Å². The van der Waals surface area contributed by atoms with Gasteiger partial charge in [0.1, 0.15) is 6.54 Å². The number of carboxylic acids is 1. The Bertz CT molecular complexity index is 1160. The molecule has 2 aliphatic rings. The zero-order chi connectivity index (χ0) is 21.8. The zero-order valence-electron chi connectivity index (χ0n) is 17.4. The number of nitrogens with zero attached hydrogens (tertiary/aromatic N) is 2. The Morgan fingerprint density at radius 1 is 1.30 bits per heavy atom. The van der Waals surface area contributed by atoms with Crippen LogP contribution in [-0.2, 0) is 34.0 Å². The van der Waals surface area contributed by atoms with Gasteiger partial charge in [0, 0.05) is 36.0 Å². The van der Waals surface area contributed by atoms with E-state index in [-0.39, 0.29) is 34.4 Å². The van der Waals surface area contributed by atoms with Crippen LogP contribution in [0.4, 0.5) is 0 Å². The van der Waals surface area contributed by atoms with Crippen molar-refractivity contribution in [2.75, 3.05) is 0 Å². The minimum absolute atomic E-state index is 0.0148. The van der Waals surface area contributed by atoms with E-state index in [1.165, 1.54) is 6.20 Å². The number of sulfone groups is 1. The third-order valence-electron chi connectivity index (χ3n) is 6.07. The van der Waals surface area contributed by atoms with Crippen LogP contribution in [0.1, 0.15) is 66.0 Å². The van der Waals surface area contributed by atoms with Crippen LogP contribution >= 0.6 is 0 Å². The molecule has 160 valence electrons. The number of ketones is 1. The van der Waals surface area contributed by atoms with E-state index in [1.54, 1.807) is 16.7 Å². The highest BCUT2D eigenvalue weighted by Crippen LogP contribution is 2.40. The summed E-state index contributed by atoms with van der Waals surface area (Å²) in [7, 11) is -3.49. The summed E-state index contributed by atoms with van der Waals surface area (Å²) in [4.78, 5) is 28.7. The highest BCUT2D eigenvalue weighted by atomic mass is 32.2. The fourth-order valence-electron chi connectivity index (χ4n) is 4.51. The van der Waals surface area contributed by atoms with E-state index < -0.39 is 15.8 Å². The van der Waals surface area contributed by atoms with Crippen molar-refractivity contribution >= 4 is 21.6 Å². The van der Waals surface area contributed by atoms with Crippen LogP contribution in [0.2, 0.25) is 0 Å². The van der Waals surface area contributed by atoms with Gasteiger partial charge in [-0.05, 0) is 48.8 Å². The van der Waals surface area contributed by atoms with Crippen molar-refractivity contribution in [1.29, 1.82) is 0 Å². The lowest BCUT2D eigenvalue weighted by Crippen LogP contribution is -2.29. The first-order valence-electron chi connectivity index (χ1n) is 10.1. The Morgan fingerprint density at radius 2 is 2.00 bits per heavy atom. The van der Waals surface area contributed by atoms with Crippen LogP contribution in [-0.4, -0.2) is 40.1 Å². The maximum absolute atomic E-state index is 13.1. The van der Waals surface area contributed by atoms with Gasteiger partial charge in [0.05, 0.1) is 5.25 Å². The maximum atomic E-state index is 13.1. The topological polar surface area (TPSA) is 106 Å². The number of hydrogen-bond donors (Lipinski definition) is 1. The number of carbonyl (C=O) groups is 2. The van der Waals surface area contributed by atoms with Gasteiger partial charge in [-0.2, -0.15) is 0 Å². The summed E-state index contributed by atoms with van der Waals surface area (Å²) in [6.45, 7) is 5.59. The molecule has 30 heavy (non-hydrogen) atoms. The van der Waals surface area contributed by atoms with Crippen LogP contribution in [0.25, 0.3) is 0 Å². The number of hydrogen-bond acceptors (Lipinski definition) is 5. The van der Waals surface area contributed by atoms with E-state index in [0.29, 0.717) is 48.1 Å². The number of carboxylic acid groups (broad SMARTS) is 1. The van der Waals surface area contributed by atoms with Crippen LogP contribution in [0.15, 0.2) is 23.4 Å². The second kappa shape index (κ2) is 7.04. The summed E-state index contributed by atoms with van der Waals surface area (Å²) in [5.74, 6) is -0.990. The smallest absolute Gasteiger partial charge is 0.323 e. The Balaban J connectivity index is 1.85. The van der Waals surface area contributed by atoms with Gasteiger partial charge < -0.3 is 9.67 Å². The molecule has 2 heterocycles. The van der Waals surface area contributed by atoms with E-state index in [2.05, 4.69) is 4.98 Å². The number of aromatic nitrogens is 2. The standard InChI is InChI=1S/C22H26N2O5S/c1-13-16(9-14-5-4-8-23-21(14)30(28,29)15-6-7-15)20-17(24(13)12-19(26)27)10-22(2,3)11-18(20)25/h4-5,8,15H,6-7,9-12H2,1-3H3,(H,26,27). The first-order chi connectivity index (χ1) is 14.0. The van der Waals surface area contributed by atoms with Crippen molar-refractivity contribution in [3.8, 4) is 0 Å². The summed E-state index contributed by atoms with van der Waals surface area (Å²) in [6, 6.07) is 3.43. The molecule has 0 spiro atoms. The zero-order valence-corrected chi connectivity index (χ0v) is 18.3. The second-order valence-corrected chi connectivity index (χ2v) is 11.3. The molecule has 1 saturated carbocycles. The molecule has 2 aromatic heterocycles. The van der Waals surface area contributed by atoms with Crippen molar-refractivity contribution in [2.45, 2.75) is 69.7 Å². The van der Waals surface area contributed by atoms with E-state index in [1.807, 2.05) is 20.8 Å². The predicted octanol–water partition coefficient (Wildman–Crippen LogP) is 2.96. The Kier molecular flexibility index (Phi) is 4.88. The lowest BCUT2D eigenvalue weighted by molar-refractivity contribution is -0.137. The number of aliphatic carboxylic acids is 1. The van der Waals surface area contributed by atoms with Gasteiger partial charge in [0.2, 0.25) is 0 Å². The third-order valence-corrected chi connectivity index (χ3v) is 8.32. The molecule has 7 nitrogen and oxygen atoms in total. The summed E-state index contributed by atoms with van der Waals surface area (Å²) >= 11 is 0. The minimum Gasteiger partial charge on any atom is -0.480 e. The van der Waals surface area contributed by atoms with Gasteiger partial charge in [-0.15, -0.1) is 0 Å². The molecule has 0 unspecified atom stereocenters. The largest absolute Gasteiger partial charge is 0.480 e. The number of Topliss-reactive ketones (excluding diaryl/α,β-unsaturated/α-hetero) is 1. The Hall–Kier alpha value is -2.48. The van der Waals surface area contributed by atoms with E-state index >= 15 is 0 Å². The fraction of sp³-hybridized carbons (Fsp3) is 0.500. The Morgan fingerprint density at radius 3 is 2.63 bits per heavy atom. The van der Waals surface area contributed by atoms with E-state index in [9.17, 15) is 23.1 Å². The molecule has 2 aliphatic carbocycles. The molecular weight excluding hydrogens is 404 g/mol. The summed E-state index contributed by atoms with van der Waals surface area (Å²) in [6.07, 6.45) is 3.99. The van der Waals surface area contributed by atoms with Gasteiger partial charge in [0.15, 0.2) is 20.6 Å². The van der Waals surface area contributed by atoms with E-state index in [0.717, 1.165) is 5.69 Å². The number of carbonyl (C=O) groups excluding carboxylic acids is 1. The van der Waals surface area contributed by atoms with Gasteiger partial charge in [-0.3, -0.25) is 9.59 Å². The van der Waals surface area contributed by atoms with Crippen LogP contribution in [0, 0.1) is 12.3 Å². The van der Waals surface area contributed by atoms with Gasteiger partial charge >= 0.3 is 5.97 Å². The SMILES string of the molecule is Cc1c(Cc2cccnc2S(=O)(=O)C2CC2)c2c(n1CC(=O)O)CC(C)(C)CC2=O. The first kappa shape index (κ1) is 20.8. The molecule has 0 amide bonds.